The van der Waals surface area contributed by atoms with E-state index in [1.54, 1.807) is 26.0 Å². The van der Waals surface area contributed by atoms with Crippen LogP contribution in [0.2, 0.25) is 0 Å². The molecule has 1 N–H and O–H groups in total. The molecule has 3 aromatic rings. The van der Waals surface area contributed by atoms with Crippen molar-refractivity contribution >= 4 is 23.5 Å². The summed E-state index contributed by atoms with van der Waals surface area (Å²) in [5.41, 5.74) is 4.98. The first-order chi connectivity index (χ1) is 14.4. The molecule has 2 heterocycles. The van der Waals surface area contributed by atoms with Crippen LogP contribution < -0.4 is 14.8 Å². The average Bonchev–Trinajstić information content (AvgIpc) is 2.99. The van der Waals surface area contributed by atoms with Crippen molar-refractivity contribution < 1.29 is 14.3 Å². The van der Waals surface area contributed by atoms with Crippen molar-refractivity contribution in [1.29, 1.82) is 0 Å². The lowest BCUT2D eigenvalue weighted by atomic mass is 10.0. The first-order valence-electron chi connectivity index (χ1n) is 9.77. The Morgan fingerprint density at radius 2 is 1.83 bits per heavy atom. The van der Waals surface area contributed by atoms with Gasteiger partial charge in [-0.05, 0) is 56.2 Å². The molecule has 30 heavy (non-hydrogen) atoms. The maximum Gasteiger partial charge on any atom is 0.238 e. The van der Waals surface area contributed by atoms with E-state index in [1.807, 2.05) is 61.9 Å². The van der Waals surface area contributed by atoms with E-state index in [0.717, 1.165) is 33.9 Å². The molecule has 0 radical (unpaired) electrons. The number of aryl methyl sites for hydroxylation is 2. The van der Waals surface area contributed by atoms with Crippen molar-refractivity contribution in [3.05, 3.63) is 64.8 Å². The van der Waals surface area contributed by atoms with Gasteiger partial charge in [0.2, 0.25) is 5.91 Å². The predicted molar refractivity (Wildman–Crippen MR) is 120 cm³/mol. The molecule has 1 amide bonds. The summed E-state index contributed by atoms with van der Waals surface area (Å²) in [6.45, 7) is 5.96. The van der Waals surface area contributed by atoms with Crippen LogP contribution in [0.15, 0.2) is 42.5 Å². The van der Waals surface area contributed by atoms with Crippen molar-refractivity contribution in [3.63, 3.8) is 0 Å². The van der Waals surface area contributed by atoms with Crippen molar-refractivity contribution in [2.75, 3.05) is 19.5 Å². The molecule has 0 saturated heterocycles. The number of rotatable bonds is 4. The van der Waals surface area contributed by atoms with E-state index in [-0.39, 0.29) is 16.4 Å². The van der Waals surface area contributed by atoms with E-state index in [9.17, 15) is 4.79 Å². The van der Waals surface area contributed by atoms with Gasteiger partial charge in [-0.3, -0.25) is 4.79 Å². The van der Waals surface area contributed by atoms with Crippen molar-refractivity contribution in [3.8, 4) is 17.2 Å². The highest BCUT2D eigenvalue weighted by atomic mass is 32.2. The molecule has 0 fully saturated rings. The molecule has 2 atom stereocenters. The Balaban J connectivity index is 1.90. The van der Waals surface area contributed by atoms with Crippen LogP contribution in [-0.4, -0.2) is 35.2 Å². The molecule has 2 aromatic carbocycles. The van der Waals surface area contributed by atoms with Crippen LogP contribution in [-0.2, 0) is 4.79 Å². The van der Waals surface area contributed by atoms with E-state index in [2.05, 4.69) is 11.4 Å². The number of hydrogen-bond donors (Lipinski definition) is 1. The first kappa shape index (κ1) is 20.3. The monoisotopic (exact) mass is 423 g/mol. The van der Waals surface area contributed by atoms with Crippen LogP contribution >= 0.6 is 11.8 Å². The summed E-state index contributed by atoms with van der Waals surface area (Å²) in [7, 11) is 3.25. The maximum atomic E-state index is 12.8. The zero-order valence-electron chi connectivity index (χ0n) is 17.7. The van der Waals surface area contributed by atoms with E-state index < -0.39 is 0 Å². The number of anilines is 1. The molecule has 0 aliphatic carbocycles. The second-order valence-corrected chi connectivity index (χ2v) is 8.81. The smallest absolute Gasteiger partial charge is 0.238 e. The summed E-state index contributed by atoms with van der Waals surface area (Å²) in [4.78, 5) is 12.8. The second-order valence-electron chi connectivity index (χ2n) is 7.36. The molecular formula is C23H25N3O3S. The minimum atomic E-state index is -0.221. The highest BCUT2D eigenvalue weighted by Gasteiger charge is 2.34. The number of nitrogens with zero attached hydrogens (tertiary/aromatic N) is 2. The highest BCUT2D eigenvalue weighted by molar-refractivity contribution is 8.01. The molecule has 4 rings (SSSR count). The van der Waals surface area contributed by atoms with Crippen molar-refractivity contribution in [2.45, 2.75) is 31.3 Å². The fourth-order valence-electron chi connectivity index (χ4n) is 3.73. The summed E-state index contributed by atoms with van der Waals surface area (Å²) >= 11 is 1.61. The minimum Gasteiger partial charge on any atom is -0.493 e. The quantitative estimate of drug-likeness (QED) is 0.661. The van der Waals surface area contributed by atoms with Crippen LogP contribution in [0, 0.1) is 13.8 Å². The van der Waals surface area contributed by atoms with Crippen LogP contribution in [0.3, 0.4) is 0 Å². The molecule has 7 heteroatoms. The molecule has 1 aliphatic heterocycles. The van der Waals surface area contributed by atoms with Crippen molar-refractivity contribution in [1.82, 2.24) is 9.78 Å². The Bertz CT molecular complexity index is 1110. The summed E-state index contributed by atoms with van der Waals surface area (Å²) < 4.78 is 12.7. The van der Waals surface area contributed by atoms with Crippen LogP contribution in [0.1, 0.15) is 34.6 Å². The zero-order chi connectivity index (χ0) is 21.4. The predicted octanol–water partition coefficient (Wildman–Crippen LogP) is 4.67. The Hall–Kier alpha value is -2.93. The lowest BCUT2D eigenvalue weighted by Gasteiger charge is -2.19. The standard InChI is InChI=1S/C23H25N3O3S/c1-13-7-6-8-17(11-13)26-22-20(14(2)25-26)21(30-15(3)23(27)24-22)16-9-10-18(28-4)19(12-16)29-5/h6-12,15,21H,1-5H3,(H,24,27). The second kappa shape index (κ2) is 8.07. The number of benzene rings is 2. The molecule has 156 valence electrons. The van der Waals surface area contributed by atoms with Gasteiger partial charge in [0.15, 0.2) is 11.5 Å². The lowest BCUT2D eigenvalue weighted by molar-refractivity contribution is -0.115. The average molecular weight is 424 g/mol. The summed E-state index contributed by atoms with van der Waals surface area (Å²) in [6, 6.07) is 14.0. The number of fused-ring (bicyclic) bond motifs is 1. The first-order valence-corrected chi connectivity index (χ1v) is 10.7. The van der Waals surface area contributed by atoms with Gasteiger partial charge in [-0.15, -0.1) is 11.8 Å². The fourth-order valence-corrected chi connectivity index (χ4v) is 5.05. The lowest BCUT2D eigenvalue weighted by Crippen LogP contribution is -2.22. The van der Waals surface area contributed by atoms with Gasteiger partial charge in [0.25, 0.3) is 0 Å². The van der Waals surface area contributed by atoms with Gasteiger partial charge >= 0.3 is 0 Å². The number of thioether (sulfide) groups is 1. The molecule has 0 saturated carbocycles. The van der Waals surface area contributed by atoms with Gasteiger partial charge in [-0.1, -0.05) is 18.2 Å². The van der Waals surface area contributed by atoms with Gasteiger partial charge in [0.05, 0.1) is 36.1 Å². The van der Waals surface area contributed by atoms with Crippen LogP contribution in [0.5, 0.6) is 11.5 Å². The number of ether oxygens (including phenoxy) is 2. The third kappa shape index (κ3) is 3.54. The number of carbonyl (C=O) groups excluding carboxylic acids is 1. The van der Waals surface area contributed by atoms with E-state index in [4.69, 9.17) is 14.6 Å². The number of methoxy groups -OCH3 is 2. The molecular weight excluding hydrogens is 398 g/mol. The molecule has 0 bridgehead atoms. The molecule has 1 aromatic heterocycles. The largest absolute Gasteiger partial charge is 0.493 e. The molecule has 1 aliphatic rings. The number of carbonyl (C=O) groups is 1. The normalized spacial score (nSPS) is 18.4. The third-order valence-corrected chi connectivity index (χ3v) is 6.68. The summed E-state index contributed by atoms with van der Waals surface area (Å²) in [6.07, 6.45) is 0. The molecule has 0 spiro atoms. The Morgan fingerprint density at radius 3 is 2.53 bits per heavy atom. The minimum absolute atomic E-state index is 0.0296. The molecule has 2 unspecified atom stereocenters. The van der Waals surface area contributed by atoms with Crippen LogP contribution in [0.25, 0.3) is 5.69 Å². The van der Waals surface area contributed by atoms with E-state index >= 15 is 0 Å². The van der Waals surface area contributed by atoms with Crippen LogP contribution in [0.4, 0.5) is 5.82 Å². The Labute approximate surface area is 180 Å². The highest BCUT2D eigenvalue weighted by Crippen LogP contribution is 2.47. The van der Waals surface area contributed by atoms with E-state index in [1.165, 1.54) is 0 Å². The number of aromatic nitrogens is 2. The van der Waals surface area contributed by atoms with Gasteiger partial charge < -0.3 is 14.8 Å². The maximum absolute atomic E-state index is 12.8. The Kier molecular flexibility index (Phi) is 5.47. The summed E-state index contributed by atoms with van der Waals surface area (Å²) in [5, 5.41) is 7.61. The zero-order valence-corrected chi connectivity index (χ0v) is 18.5. The number of nitrogens with one attached hydrogen (secondary N) is 1. The van der Waals surface area contributed by atoms with Gasteiger partial charge in [-0.2, -0.15) is 5.10 Å². The van der Waals surface area contributed by atoms with Gasteiger partial charge in [0.1, 0.15) is 5.82 Å². The van der Waals surface area contributed by atoms with Gasteiger partial charge in [0, 0.05) is 5.56 Å². The number of amides is 1. The SMILES string of the molecule is COc1ccc(C2SC(C)C(=O)Nc3c2c(C)nn3-c2cccc(C)c2)cc1OC. The topological polar surface area (TPSA) is 65.4 Å². The number of hydrogen-bond acceptors (Lipinski definition) is 5. The Morgan fingerprint density at radius 1 is 1.07 bits per heavy atom. The van der Waals surface area contributed by atoms with Crippen molar-refractivity contribution in [2.24, 2.45) is 0 Å². The summed E-state index contributed by atoms with van der Waals surface area (Å²) in [5.74, 6) is 2.03. The molecule has 6 nitrogen and oxygen atoms in total. The third-order valence-electron chi connectivity index (χ3n) is 5.28. The van der Waals surface area contributed by atoms with E-state index in [0.29, 0.717) is 11.5 Å². The fraction of sp³-hybridized carbons (Fsp3) is 0.304. The van der Waals surface area contributed by atoms with Gasteiger partial charge in [-0.25, -0.2) is 4.68 Å².